The number of rotatable bonds is 3. The summed E-state index contributed by atoms with van der Waals surface area (Å²) in [5.41, 5.74) is 1.72. The number of hydrogen-bond acceptors (Lipinski definition) is 6. The number of fused-ring (bicyclic) bond motifs is 2. The van der Waals surface area contributed by atoms with Crippen LogP contribution in [0.1, 0.15) is 24.1 Å². The number of nitrogens with zero attached hydrogens (tertiary/aromatic N) is 5. The first-order chi connectivity index (χ1) is 12.4. The van der Waals surface area contributed by atoms with Crippen molar-refractivity contribution in [2.45, 2.75) is 31.8 Å². The topological polar surface area (TPSA) is 60.9 Å². The van der Waals surface area contributed by atoms with Crippen molar-refractivity contribution in [2.75, 3.05) is 24.5 Å². The van der Waals surface area contributed by atoms with Crippen molar-refractivity contribution >= 4 is 28.3 Å². The van der Waals surface area contributed by atoms with Crippen molar-refractivity contribution < 1.29 is 0 Å². The lowest BCUT2D eigenvalue weighted by molar-refractivity contribution is 0.181. The van der Waals surface area contributed by atoms with E-state index in [1.807, 2.05) is 11.3 Å². The average molecular weight is 354 g/mol. The van der Waals surface area contributed by atoms with Gasteiger partial charge < -0.3 is 9.88 Å². The van der Waals surface area contributed by atoms with E-state index in [1.54, 1.807) is 12.7 Å². The maximum atomic E-state index is 4.57. The van der Waals surface area contributed by atoms with Gasteiger partial charge in [-0.05, 0) is 36.8 Å². The van der Waals surface area contributed by atoms with Crippen LogP contribution < -0.4 is 4.90 Å². The first-order valence-electron chi connectivity index (χ1n) is 9.04. The molecule has 5 heterocycles. The molecule has 2 aliphatic heterocycles. The van der Waals surface area contributed by atoms with Gasteiger partial charge in [-0.3, -0.25) is 4.90 Å². The van der Waals surface area contributed by atoms with Crippen LogP contribution >= 0.6 is 11.3 Å². The van der Waals surface area contributed by atoms with Crippen LogP contribution in [0.15, 0.2) is 30.2 Å². The van der Waals surface area contributed by atoms with E-state index in [1.165, 1.54) is 30.7 Å². The molecule has 0 aliphatic carbocycles. The van der Waals surface area contributed by atoms with E-state index in [0.29, 0.717) is 6.04 Å². The second kappa shape index (κ2) is 6.38. The lowest BCUT2D eigenvalue weighted by atomic mass is 9.98. The predicted octanol–water partition coefficient (Wildman–Crippen LogP) is 2.91. The minimum Gasteiger partial charge on any atom is -0.353 e. The Balaban J connectivity index is 1.42. The van der Waals surface area contributed by atoms with Gasteiger partial charge in [-0.1, -0.05) is 12.5 Å². The molecule has 2 saturated heterocycles. The average Bonchev–Trinajstić information content (AvgIpc) is 3.35. The van der Waals surface area contributed by atoms with Gasteiger partial charge in [0.15, 0.2) is 11.5 Å². The number of H-pyrrole nitrogens is 1. The fourth-order valence-corrected chi connectivity index (χ4v) is 5.13. The summed E-state index contributed by atoms with van der Waals surface area (Å²) in [7, 11) is 0. The first kappa shape index (κ1) is 15.3. The maximum Gasteiger partial charge on any atom is 0.182 e. The van der Waals surface area contributed by atoms with Gasteiger partial charge in [-0.25, -0.2) is 15.0 Å². The smallest absolute Gasteiger partial charge is 0.182 e. The number of imidazole rings is 1. The Kier molecular flexibility index (Phi) is 3.90. The number of thiophene rings is 1. The summed E-state index contributed by atoms with van der Waals surface area (Å²) < 4.78 is 0. The van der Waals surface area contributed by atoms with Crippen LogP contribution in [0, 0.1) is 5.92 Å². The zero-order chi connectivity index (χ0) is 16.6. The molecule has 0 amide bonds. The van der Waals surface area contributed by atoms with Crippen LogP contribution in [-0.2, 0) is 6.54 Å². The molecule has 2 atom stereocenters. The molecule has 5 rings (SSSR count). The van der Waals surface area contributed by atoms with Gasteiger partial charge in [0, 0.05) is 30.6 Å². The van der Waals surface area contributed by atoms with Crippen LogP contribution in [0.25, 0.3) is 11.2 Å². The third-order valence-corrected chi connectivity index (χ3v) is 6.45. The monoisotopic (exact) mass is 354 g/mol. The highest BCUT2D eigenvalue weighted by atomic mass is 32.1. The third-order valence-electron chi connectivity index (χ3n) is 5.59. The Bertz CT molecular complexity index is 844. The second-order valence-corrected chi connectivity index (χ2v) is 8.11. The Hall–Kier alpha value is -1.99. The van der Waals surface area contributed by atoms with Gasteiger partial charge >= 0.3 is 0 Å². The van der Waals surface area contributed by atoms with E-state index < -0.39 is 0 Å². The molecule has 130 valence electrons. The Morgan fingerprint density at radius 3 is 3.12 bits per heavy atom. The number of anilines is 1. The zero-order valence-corrected chi connectivity index (χ0v) is 15.0. The van der Waals surface area contributed by atoms with Gasteiger partial charge in [0.2, 0.25) is 0 Å². The predicted molar refractivity (Wildman–Crippen MR) is 99.8 cm³/mol. The first-order valence-corrected chi connectivity index (χ1v) is 9.92. The van der Waals surface area contributed by atoms with E-state index in [9.17, 15) is 0 Å². The van der Waals surface area contributed by atoms with Crippen LogP contribution in [-0.4, -0.2) is 50.5 Å². The number of hydrogen-bond donors (Lipinski definition) is 1. The van der Waals surface area contributed by atoms with E-state index in [4.69, 9.17) is 0 Å². The molecular formula is C18H22N6S. The molecule has 6 nitrogen and oxygen atoms in total. The summed E-state index contributed by atoms with van der Waals surface area (Å²) in [6, 6.07) is 5.03. The normalized spacial score (nSPS) is 24.6. The van der Waals surface area contributed by atoms with Crippen LogP contribution in [0.2, 0.25) is 0 Å². The quantitative estimate of drug-likeness (QED) is 0.784. The van der Waals surface area contributed by atoms with E-state index in [-0.39, 0.29) is 0 Å². The third kappa shape index (κ3) is 2.81. The molecule has 0 aromatic carbocycles. The van der Waals surface area contributed by atoms with Crippen LogP contribution in [0.5, 0.6) is 0 Å². The molecule has 0 radical (unpaired) electrons. The van der Waals surface area contributed by atoms with Crippen molar-refractivity contribution in [1.82, 2.24) is 24.8 Å². The van der Waals surface area contributed by atoms with Crippen molar-refractivity contribution in [3.05, 3.63) is 35.0 Å². The molecule has 7 heteroatoms. The van der Waals surface area contributed by atoms with Crippen molar-refractivity contribution in [1.29, 1.82) is 0 Å². The molecule has 0 spiro atoms. The minimum absolute atomic E-state index is 0.609. The minimum atomic E-state index is 0.609. The molecule has 0 bridgehead atoms. The highest BCUT2D eigenvalue weighted by molar-refractivity contribution is 7.09. The second-order valence-electron chi connectivity index (χ2n) is 7.08. The van der Waals surface area contributed by atoms with Crippen LogP contribution in [0.4, 0.5) is 5.82 Å². The molecule has 3 aromatic heterocycles. The molecule has 25 heavy (non-hydrogen) atoms. The Morgan fingerprint density at radius 2 is 2.20 bits per heavy atom. The molecule has 1 N–H and O–H groups in total. The molecule has 2 aliphatic rings. The number of aromatic amines is 1. The number of nitrogens with one attached hydrogen (secondary N) is 1. The zero-order valence-electron chi connectivity index (χ0n) is 14.1. The molecule has 2 fully saturated rings. The molecular weight excluding hydrogens is 332 g/mol. The SMILES string of the molecule is c1csc(CN2CCCC[C@H]3CN(c4ncnc5nc[nH]c45)C[C@H]32)c1. The number of aromatic nitrogens is 4. The maximum absolute atomic E-state index is 4.57. The van der Waals surface area contributed by atoms with Crippen molar-refractivity contribution in [3.63, 3.8) is 0 Å². The number of likely N-dealkylation sites (tertiary alicyclic amines) is 1. The molecule has 3 aromatic rings. The van der Waals surface area contributed by atoms with Gasteiger partial charge in [0.25, 0.3) is 0 Å². The van der Waals surface area contributed by atoms with Crippen LogP contribution in [0.3, 0.4) is 0 Å². The summed E-state index contributed by atoms with van der Waals surface area (Å²) in [4.78, 5) is 22.9. The van der Waals surface area contributed by atoms with E-state index in [0.717, 1.165) is 42.5 Å². The Morgan fingerprint density at radius 1 is 1.20 bits per heavy atom. The molecule has 0 unspecified atom stereocenters. The fraction of sp³-hybridized carbons (Fsp3) is 0.500. The summed E-state index contributed by atoms with van der Waals surface area (Å²) in [5.74, 6) is 1.72. The highest BCUT2D eigenvalue weighted by Crippen LogP contribution is 2.34. The lowest BCUT2D eigenvalue weighted by Crippen LogP contribution is -2.39. The van der Waals surface area contributed by atoms with E-state index in [2.05, 4.69) is 47.2 Å². The van der Waals surface area contributed by atoms with Crippen molar-refractivity contribution in [2.24, 2.45) is 5.92 Å². The largest absolute Gasteiger partial charge is 0.353 e. The summed E-state index contributed by atoms with van der Waals surface area (Å²) in [5, 5.41) is 2.18. The summed E-state index contributed by atoms with van der Waals surface area (Å²) in [6.45, 7) is 4.41. The Labute approximate surface area is 150 Å². The van der Waals surface area contributed by atoms with E-state index >= 15 is 0 Å². The van der Waals surface area contributed by atoms with Crippen molar-refractivity contribution in [3.8, 4) is 0 Å². The lowest BCUT2D eigenvalue weighted by Gasteiger charge is -2.29. The highest BCUT2D eigenvalue weighted by Gasteiger charge is 2.38. The van der Waals surface area contributed by atoms with Gasteiger partial charge in [0.1, 0.15) is 11.8 Å². The standard InChI is InChI=1S/C18H22N6S/c1-2-6-23(9-14-5-3-7-25-14)15-10-24(8-13(15)4-1)18-16-17(20-11-19-16)21-12-22-18/h3,5,7,11-13,15H,1-2,4,6,8-10H2,(H,19,20,21,22)/t13-,15+/m0/s1. The summed E-state index contributed by atoms with van der Waals surface area (Å²) in [6.07, 6.45) is 7.31. The summed E-state index contributed by atoms with van der Waals surface area (Å²) >= 11 is 1.87. The van der Waals surface area contributed by atoms with Gasteiger partial charge in [-0.2, -0.15) is 0 Å². The van der Waals surface area contributed by atoms with Gasteiger partial charge in [-0.15, -0.1) is 11.3 Å². The van der Waals surface area contributed by atoms with Gasteiger partial charge in [0.05, 0.1) is 6.33 Å². The molecule has 0 saturated carbocycles. The fourth-order valence-electron chi connectivity index (χ4n) is 4.40.